The molecule has 0 saturated heterocycles. The Morgan fingerprint density at radius 2 is 1.68 bits per heavy atom. The molecule has 4 aromatic rings. The Kier molecular flexibility index (Phi) is 3.13. The number of fused-ring (bicyclic) bond motifs is 3. The molecule has 0 aliphatic heterocycles. The molecule has 0 fully saturated rings. The van der Waals surface area contributed by atoms with Crippen molar-refractivity contribution in [3.05, 3.63) is 71.9 Å². The van der Waals surface area contributed by atoms with Crippen LogP contribution in [0.5, 0.6) is 0 Å². The van der Waals surface area contributed by atoms with Crippen molar-refractivity contribution in [2.75, 3.05) is 5.32 Å². The number of halogens is 1. The first-order valence-electron chi connectivity index (χ1n) is 6.97. The fraction of sp³-hybridized carbons (Fsp3) is 0. The summed E-state index contributed by atoms with van der Waals surface area (Å²) in [5.74, 6) is 0.759. The standard InChI is InChI=1S/C18H12ClN3/c19-12-8-9-14-15-7-4-10-20-17(15)22-18(16(14)11-12)21-13-5-2-1-3-6-13/h1-11H,(H,20,21,22). The van der Waals surface area contributed by atoms with Crippen molar-refractivity contribution in [2.45, 2.75) is 0 Å². The average molecular weight is 306 g/mol. The first-order valence-corrected chi connectivity index (χ1v) is 7.35. The maximum atomic E-state index is 6.17. The summed E-state index contributed by atoms with van der Waals surface area (Å²) in [5, 5.41) is 7.13. The van der Waals surface area contributed by atoms with Crippen LogP contribution in [0.2, 0.25) is 5.02 Å². The highest BCUT2D eigenvalue weighted by molar-refractivity contribution is 6.31. The Morgan fingerprint density at radius 1 is 0.818 bits per heavy atom. The van der Waals surface area contributed by atoms with E-state index in [4.69, 9.17) is 11.6 Å². The summed E-state index contributed by atoms with van der Waals surface area (Å²) in [6, 6.07) is 19.7. The third kappa shape index (κ3) is 2.26. The maximum Gasteiger partial charge on any atom is 0.162 e. The fourth-order valence-electron chi connectivity index (χ4n) is 2.56. The van der Waals surface area contributed by atoms with Crippen LogP contribution in [0.25, 0.3) is 21.8 Å². The van der Waals surface area contributed by atoms with Crippen LogP contribution in [-0.2, 0) is 0 Å². The molecular formula is C18H12ClN3. The van der Waals surface area contributed by atoms with Crippen LogP contribution in [0.3, 0.4) is 0 Å². The van der Waals surface area contributed by atoms with E-state index in [2.05, 4.69) is 15.3 Å². The Hall–Kier alpha value is -2.65. The number of rotatable bonds is 2. The van der Waals surface area contributed by atoms with Crippen LogP contribution < -0.4 is 5.32 Å². The smallest absolute Gasteiger partial charge is 0.162 e. The molecule has 0 aliphatic carbocycles. The van der Waals surface area contributed by atoms with E-state index < -0.39 is 0 Å². The normalized spacial score (nSPS) is 11.0. The van der Waals surface area contributed by atoms with Crippen molar-refractivity contribution in [3.63, 3.8) is 0 Å². The first-order chi connectivity index (χ1) is 10.8. The second kappa shape index (κ2) is 5.28. The summed E-state index contributed by atoms with van der Waals surface area (Å²) in [7, 11) is 0. The molecule has 0 amide bonds. The zero-order valence-corrected chi connectivity index (χ0v) is 12.4. The second-order valence-corrected chi connectivity index (χ2v) is 5.45. The Bertz CT molecular complexity index is 968. The predicted molar refractivity (Wildman–Crippen MR) is 91.8 cm³/mol. The molecule has 4 rings (SSSR count). The molecular weight excluding hydrogens is 294 g/mol. The molecule has 2 aromatic carbocycles. The van der Waals surface area contributed by atoms with Gasteiger partial charge in [0, 0.05) is 27.7 Å². The van der Waals surface area contributed by atoms with Crippen molar-refractivity contribution in [2.24, 2.45) is 0 Å². The van der Waals surface area contributed by atoms with Crippen LogP contribution in [0.1, 0.15) is 0 Å². The molecule has 1 N–H and O–H groups in total. The molecule has 0 bridgehead atoms. The zero-order valence-electron chi connectivity index (χ0n) is 11.6. The lowest BCUT2D eigenvalue weighted by Crippen LogP contribution is -1.97. The summed E-state index contributed by atoms with van der Waals surface area (Å²) in [4.78, 5) is 9.03. The highest BCUT2D eigenvalue weighted by Gasteiger charge is 2.09. The Morgan fingerprint density at radius 3 is 2.55 bits per heavy atom. The number of anilines is 2. The van der Waals surface area contributed by atoms with Gasteiger partial charge in [0.25, 0.3) is 0 Å². The van der Waals surface area contributed by atoms with Gasteiger partial charge in [0.05, 0.1) is 0 Å². The molecule has 3 nitrogen and oxygen atoms in total. The van der Waals surface area contributed by atoms with E-state index in [0.29, 0.717) is 5.02 Å². The van der Waals surface area contributed by atoms with Crippen LogP contribution in [0.4, 0.5) is 11.5 Å². The minimum Gasteiger partial charge on any atom is -0.340 e. The third-order valence-corrected chi connectivity index (χ3v) is 3.80. The highest BCUT2D eigenvalue weighted by atomic mass is 35.5. The number of pyridine rings is 2. The maximum absolute atomic E-state index is 6.17. The number of nitrogens with zero attached hydrogens (tertiary/aromatic N) is 2. The van der Waals surface area contributed by atoms with E-state index in [1.54, 1.807) is 6.20 Å². The Balaban J connectivity index is 2.00. The molecule has 22 heavy (non-hydrogen) atoms. The summed E-state index contributed by atoms with van der Waals surface area (Å²) < 4.78 is 0. The van der Waals surface area contributed by atoms with Gasteiger partial charge in [-0.05, 0) is 41.8 Å². The summed E-state index contributed by atoms with van der Waals surface area (Å²) >= 11 is 6.17. The Labute approximate surface area is 132 Å². The van der Waals surface area contributed by atoms with E-state index in [1.165, 1.54) is 0 Å². The highest BCUT2D eigenvalue weighted by Crippen LogP contribution is 2.32. The molecule has 0 saturated carbocycles. The number of para-hydroxylation sites is 1. The van der Waals surface area contributed by atoms with Crippen molar-refractivity contribution < 1.29 is 0 Å². The summed E-state index contributed by atoms with van der Waals surface area (Å²) in [6.07, 6.45) is 1.75. The number of hydrogen-bond donors (Lipinski definition) is 1. The van der Waals surface area contributed by atoms with Crippen molar-refractivity contribution in [1.82, 2.24) is 9.97 Å². The molecule has 0 unspecified atom stereocenters. The monoisotopic (exact) mass is 305 g/mol. The fourth-order valence-corrected chi connectivity index (χ4v) is 2.74. The zero-order chi connectivity index (χ0) is 14.9. The molecule has 0 spiro atoms. The predicted octanol–water partition coefficient (Wildman–Crippen LogP) is 5.18. The van der Waals surface area contributed by atoms with Crippen LogP contribution in [-0.4, -0.2) is 9.97 Å². The number of hydrogen-bond acceptors (Lipinski definition) is 3. The van der Waals surface area contributed by atoms with E-state index in [-0.39, 0.29) is 0 Å². The quantitative estimate of drug-likeness (QED) is 0.518. The van der Waals surface area contributed by atoms with Gasteiger partial charge in [-0.25, -0.2) is 9.97 Å². The summed E-state index contributed by atoms with van der Waals surface area (Å²) in [5.41, 5.74) is 1.70. The van der Waals surface area contributed by atoms with Gasteiger partial charge in [-0.3, -0.25) is 0 Å². The van der Waals surface area contributed by atoms with Gasteiger partial charge in [0.1, 0.15) is 5.82 Å². The lowest BCUT2D eigenvalue weighted by molar-refractivity contribution is 1.29. The van der Waals surface area contributed by atoms with Crippen molar-refractivity contribution in [1.29, 1.82) is 0 Å². The topological polar surface area (TPSA) is 37.8 Å². The number of aromatic nitrogens is 2. The van der Waals surface area contributed by atoms with Crippen LogP contribution in [0, 0.1) is 0 Å². The van der Waals surface area contributed by atoms with Gasteiger partial charge >= 0.3 is 0 Å². The number of nitrogens with one attached hydrogen (secondary N) is 1. The van der Waals surface area contributed by atoms with Crippen molar-refractivity contribution in [3.8, 4) is 0 Å². The van der Waals surface area contributed by atoms with E-state index >= 15 is 0 Å². The van der Waals surface area contributed by atoms with Gasteiger partial charge < -0.3 is 5.32 Å². The van der Waals surface area contributed by atoms with Crippen LogP contribution in [0.15, 0.2) is 66.9 Å². The minimum absolute atomic E-state index is 0.689. The molecule has 0 radical (unpaired) electrons. The van der Waals surface area contributed by atoms with Gasteiger partial charge in [-0.15, -0.1) is 0 Å². The van der Waals surface area contributed by atoms with Gasteiger partial charge in [-0.2, -0.15) is 0 Å². The lowest BCUT2D eigenvalue weighted by atomic mass is 10.1. The van der Waals surface area contributed by atoms with E-state index in [0.717, 1.165) is 33.3 Å². The van der Waals surface area contributed by atoms with E-state index in [9.17, 15) is 0 Å². The molecule has 4 heteroatoms. The molecule has 2 heterocycles. The SMILES string of the molecule is Clc1ccc2c(c1)c(Nc1ccccc1)nc1ncccc12. The minimum atomic E-state index is 0.689. The third-order valence-electron chi connectivity index (χ3n) is 3.57. The van der Waals surface area contributed by atoms with Gasteiger partial charge in [0.15, 0.2) is 5.65 Å². The second-order valence-electron chi connectivity index (χ2n) is 5.02. The van der Waals surface area contributed by atoms with Gasteiger partial charge in [-0.1, -0.05) is 35.9 Å². The van der Waals surface area contributed by atoms with Crippen molar-refractivity contribution >= 4 is 44.9 Å². The molecule has 0 aliphatic rings. The molecule has 2 aromatic heterocycles. The number of benzene rings is 2. The van der Waals surface area contributed by atoms with E-state index in [1.807, 2.05) is 60.7 Å². The summed E-state index contributed by atoms with van der Waals surface area (Å²) in [6.45, 7) is 0. The molecule has 106 valence electrons. The van der Waals surface area contributed by atoms with Gasteiger partial charge in [0.2, 0.25) is 0 Å². The van der Waals surface area contributed by atoms with Crippen LogP contribution >= 0.6 is 11.6 Å². The first kappa shape index (κ1) is 13.0. The largest absolute Gasteiger partial charge is 0.340 e. The average Bonchev–Trinajstić information content (AvgIpc) is 2.56. The lowest BCUT2D eigenvalue weighted by Gasteiger charge is -2.11. The molecule has 0 atom stereocenters.